The molecule has 0 radical (unpaired) electrons. The van der Waals surface area contributed by atoms with Crippen LogP contribution in [0.25, 0.3) is 11.0 Å². The number of fused-ring (bicyclic) bond motifs is 1. The molecule has 2 heterocycles. The second-order valence-corrected chi connectivity index (χ2v) is 5.71. The van der Waals surface area contributed by atoms with Crippen LogP contribution in [0.1, 0.15) is 12.8 Å². The topological polar surface area (TPSA) is 71.8 Å². The Morgan fingerprint density at radius 2 is 2.17 bits per heavy atom. The van der Waals surface area contributed by atoms with Crippen molar-refractivity contribution in [3.63, 3.8) is 0 Å². The second kappa shape index (κ2) is 8.17. The molecule has 6 nitrogen and oxygen atoms in total. The quantitative estimate of drug-likeness (QED) is 0.850. The molecule has 3 rings (SSSR count). The predicted octanol–water partition coefficient (Wildman–Crippen LogP) is 1.80. The van der Waals surface area contributed by atoms with Crippen molar-refractivity contribution >= 4 is 29.3 Å². The van der Waals surface area contributed by atoms with Gasteiger partial charge in [-0.25, -0.2) is 4.79 Å². The van der Waals surface area contributed by atoms with Crippen LogP contribution in [0.4, 0.5) is 0 Å². The first-order chi connectivity index (χ1) is 11.2. The average Bonchev–Trinajstić information content (AvgIpc) is 2.59. The highest BCUT2D eigenvalue weighted by Crippen LogP contribution is 2.19. The fraction of sp³-hybridized carbons (Fsp3) is 0.412. The smallest absolute Gasteiger partial charge is 0.336 e. The number of carbonyl (C=O) groups excluding carboxylic acids is 1. The number of amides is 1. The van der Waals surface area contributed by atoms with Crippen LogP contribution in [-0.4, -0.2) is 43.6 Å². The molecule has 1 N–H and O–H groups in total. The Kier molecular flexibility index (Phi) is 6.23. The van der Waals surface area contributed by atoms with E-state index in [1.807, 2.05) is 11.9 Å². The average molecular weight is 353 g/mol. The lowest BCUT2D eigenvalue weighted by Gasteiger charge is -2.32. The van der Waals surface area contributed by atoms with Crippen molar-refractivity contribution in [2.24, 2.45) is 0 Å². The van der Waals surface area contributed by atoms with E-state index in [2.05, 4.69) is 5.32 Å². The number of piperidine rings is 1. The van der Waals surface area contributed by atoms with E-state index in [9.17, 15) is 9.59 Å². The van der Waals surface area contributed by atoms with Crippen molar-refractivity contribution in [2.75, 3.05) is 26.7 Å². The number of carbonyl (C=O) groups is 1. The van der Waals surface area contributed by atoms with E-state index >= 15 is 0 Å². The second-order valence-electron chi connectivity index (χ2n) is 5.71. The van der Waals surface area contributed by atoms with Gasteiger partial charge in [0.2, 0.25) is 0 Å². The number of nitrogens with one attached hydrogen (secondary N) is 1. The standard InChI is InChI=1S/C17H20N2O4.ClH/c1-18-13-3-2-8-19(10-13)16(20)11-22-14-6-4-12-5-7-17(21)23-15(12)9-14;/h4-7,9,13,18H,2-3,8,10-11H2,1H3;1H. The van der Waals surface area contributed by atoms with Gasteiger partial charge in [-0.1, -0.05) is 0 Å². The summed E-state index contributed by atoms with van der Waals surface area (Å²) in [6.45, 7) is 1.47. The van der Waals surface area contributed by atoms with Crippen molar-refractivity contribution < 1.29 is 13.9 Å². The van der Waals surface area contributed by atoms with Crippen molar-refractivity contribution in [1.29, 1.82) is 0 Å². The lowest BCUT2D eigenvalue weighted by atomic mass is 10.1. The minimum atomic E-state index is -0.405. The fourth-order valence-electron chi connectivity index (χ4n) is 2.81. The molecule has 0 saturated carbocycles. The van der Waals surface area contributed by atoms with Crippen molar-refractivity contribution in [2.45, 2.75) is 18.9 Å². The van der Waals surface area contributed by atoms with Gasteiger partial charge in [0.1, 0.15) is 11.3 Å². The maximum absolute atomic E-state index is 12.3. The number of halogens is 1. The molecule has 0 spiro atoms. The van der Waals surface area contributed by atoms with Crippen LogP contribution >= 0.6 is 12.4 Å². The van der Waals surface area contributed by atoms with Crippen molar-refractivity contribution in [3.05, 3.63) is 40.8 Å². The van der Waals surface area contributed by atoms with Crippen molar-refractivity contribution in [1.82, 2.24) is 10.2 Å². The Hall–Kier alpha value is -2.05. The third kappa shape index (κ3) is 4.27. The third-order valence-corrected chi connectivity index (χ3v) is 4.14. The van der Waals surface area contributed by atoms with Gasteiger partial charge < -0.3 is 19.4 Å². The summed E-state index contributed by atoms with van der Waals surface area (Å²) in [6, 6.07) is 8.62. The zero-order chi connectivity index (χ0) is 16.2. The van der Waals surface area contributed by atoms with Crippen LogP contribution < -0.4 is 15.7 Å². The first-order valence-corrected chi connectivity index (χ1v) is 7.77. The van der Waals surface area contributed by atoms with E-state index in [0.29, 0.717) is 23.9 Å². The Bertz CT molecular complexity index is 762. The van der Waals surface area contributed by atoms with E-state index < -0.39 is 5.63 Å². The molecule has 1 atom stereocenters. The number of rotatable bonds is 4. The molecular formula is C17H21ClN2O4. The van der Waals surface area contributed by atoms with E-state index in [1.54, 1.807) is 24.3 Å². The monoisotopic (exact) mass is 352 g/mol. The first-order valence-electron chi connectivity index (χ1n) is 7.77. The first kappa shape index (κ1) is 18.3. The maximum Gasteiger partial charge on any atom is 0.336 e. The number of benzene rings is 1. The fourth-order valence-corrected chi connectivity index (χ4v) is 2.81. The SMILES string of the molecule is CNC1CCCN(C(=O)COc2ccc3ccc(=O)oc3c2)C1.Cl. The summed E-state index contributed by atoms with van der Waals surface area (Å²) in [5.74, 6) is 0.488. The highest BCUT2D eigenvalue weighted by molar-refractivity contribution is 5.85. The Morgan fingerprint density at radius 3 is 2.96 bits per heavy atom. The van der Waals surface area contributed by atoms with E-state index in [-0.39, 0.29) is 24.9 Å². The van der Waals surface area contributed by atoms with Crippen LogP contribution in [0.3, 0.4) is 0 Å². The van der Waals surface area contributed by atoms with Crippen LogP contribution in [0.5, 0.6) is 5.75 Å². The molecule has 1 aromatic heterocycles. The van der Waals surface area contributed by atoms with E-state index in [0.717, 1.165) is 24.8 Å². The van der Waals surface area contributed by atoms with Gasteiger partial charge in [-0.05, 0) is 38.1 Å². The minimum Gasteiger partial charge on any atom is -0.484 e. The van der Waals surface area contributed by atoms with Gasteiger partial charge in [0.05, 0.1) is 0 Å². The van der Waals surface area contributed by atoms with Crippen LogP contribution in [0.2, 0.25) is 0 Å². The molecule has 1 unspecified atom stereocenters. The van der Waals surface area contributed by atoms with Gasteiger partial charge in [-0.2, -0.15) is 0 Å². The summed E-state index contributed by atoms with van der Waals surface area (Å²) in [4.78, 5) is 25.3. The molecule has 1 saturated heterocycles. The molecule has 7 heteroatoms. The number of likely N-dealkylation sites (N-methyl/N-ethyl adjacent to an activating group) is 1. The largest absolute Gasteiger partial charge is 0.484 e. The third-order valence-electron chi connectivity index (χ3n) is 4.14. The number of hydrogen-bond acceptors (Lipinski definition) is 5. The van der Waals surface area contributed by atoms with Crippen LogP contribution in [0, 0.1) is 0 Å². The molecule has 1 aliphatic heterocycles. The molecular weight excluding hydrogens is 332 g/mol. The minimum absolute atomic E-state index is 0. The highest BCUT2D eigenvalue weighted by atomic mass is 35.5. The molecule has 2 aromatic rings. The molecule has 1 amide bonds. The highest BCUT2D eigenvalue weighted by Gasteiger charge is 2.22. The summed E-state index contributed by atoms with van der Waals surface area (Å²) in [6.07, 6.45) is 2.09. The summed E-state index contributed by atoms with van der Waals surface area (Å²) in [5.41, 5.74) is 0.0489. The number of hydrogen-bond donors (Lipinski definition) is 1. The Morgan fingerprint density at radius 1 is 1.38 bits per heavy atom. The summed E-state index contributed by atoms with van der Waals surface area (Å²) >= 11 is 0. The lowest BCUT2D eigenvalue weighted by molar-refractivity contribution is -0.134. The molecule has 130 valence electrons. The lowest BCUT2D eigenvalue weighted by Crippen LogP contribution is -2.48. The van der Waals surface area contributed by atoms with Crippen molar-refractivity contribution in [3.8, 4) is 5.75 Å². The van der Waals surface area contributed by atoms with Gasteiger partial charge >= 0.3 is 5.63 Å². The zero-order valence-corrected chi connectivity index (χ0v) is 14.3. The molecule has 1 aromatic carbocycles. The molecule has 24 heavy (non-hydrogen) atoms. The summed E-state index contributed by atoms with van der Waals surface area (Å²) in [5, 5.41) is 4.03. The normalized spacial score (nSPS) is 17.4. The molecule has 1 fully saturated rings. The number of ether oxygens (including phenoxy) is 1. The van der Waals surface area contributed by atoms with Gasteiger partial charge in [-0.15, -0.1) is 12.4 Å². The number of likely N-dealkylation sites (tertiary alicyclic amines) is 1. The zero-order valence-electron chi connectivity index (χ0n) is 13.5. The van der Waals surface area contributed by atoms with Gasteiger partial charge in [-0.3, -0.25) is 4.79 Å². The van der Waals surface area contributed by atoms with Crippen LogP contribution in [0.15, 0.2) is 39.5 Å². The molecule has 0 bridgehead atoms. The van der Waals surface area contributed by atoms with E-state index in [4.69, 9.17) is 9.15 Å². The molecule has 0 aliphatic carbocycles. The summed E-state index contributed by atoms with van der Waals surface area (Å²) in [7, 11) is 1.91. The Balaban J connectivity index is 0.00000208. The molecule has 1 aliphatic rings. The van der Waals surface area contributed by atoms with Gasteiger partial charge in [0.15, 0.2) is 6.61 Å². The summed E-state index contributed by atoms with van der Waals surface area (Å²) < 4.78 is 10.7. The predicted molar refractivity (Wildman–Crippen MR) is 93.9 cm³/mol. The Labute approximate surface area is 146 Å². The number of nitrogens with zero attached hydrogens (tertiary/aromatic N) is 1. The van der Waals surface area contributed by atoms with Gasteiger partial charge in [0, 0.05) is 36.7 Å². The van der Waals surface area contributed by atoms with E-state index in [1.165, 1.54) is 6.07 Å². The van der Waals surface area contributed by atoms with Gasteiger partial charge in [0.25, 0.3) is 5.91 Å². The van der Waals surface area contributed by atoms with Crippen LogP contribution in [-0.2, 0) is 4.79 Å². The maximum atomic E-state index is 12.3.